The highest BCUT2D eigenvalue weighted by atomic mass is 16.3. The number of aliphatic hydroxyl groups is 1. The molecule has 0 spiro atoms. The Morgan fingerprint density at radius 3 is 2.87 bits per heavy atom. The van der Waals surface area contributed by atoms with Gasteiger partial charge >= 0.3 is 0 Å². The highest BCUT2D eigenvalue weighted by molar-refractivity contribution is 5.24. The largest absolute Gasteiger partial charge is 0.383 e. The van der Waals surface area contributed by atoms with E-state index in [9.17, 15) is 5.11 Å². The van der Waals surface area contributed by atoms with Gasteiger partial charge in [-0.25, -0.2) is 0 Å². The first-order valence-electron chi connectivity index (χ1n) is 5.11. The Kier molecular flexibility index (Phi) is 2.44. The lowest BCUT2D eigenvalue weighted by Crippen LogP contribution is -2.28. The van der Waals surface area contributed by atoms with Crippen LogP contribution in [0.15, 0.2) is 30.6 Å². The summed E-state index contributed by atoms with van der Waals surface area (Å²) in [6, 6.07) is 3.82. The van der Waals surface area contributed by atoms with Gasteiger partial charge in [-0.3, -0.25) is 0 Å². The van der Waals surface area contributed by atoms with Crippen LogP contribution in [0.1, 0.15) is 25.5 Å². The molecule has 2 heterocycles. The minimum atomic E-state index is -0.897. The normalized spacial score (nSPS) is 23.1. The van der Waals surface area contributed by atoms with E-state index in [1.807, 2.05) is 13.0 Å². The summed E-state index contributed by atoms with van der Waals surface area (Å²) >= 11 is 0. The molecular formula is C11H15N3O. The molecule has 1 aromatic rings. The molecule has 0 bridgehead atoms. The van der Waals surface area contributed by atoms with Gasteiger partial charge in [0, 0.05) is 18.3 Å². The molecule has 0 aliphatic carbocycles. The number of rotatable bonds is 4. The summed E-state index contributed by atoms with van der Waals surface area (Å²) in [5.74, 6) is 0. The maximum atomic E-state index is 10.4. The van der Waals surface area contributed by atoms with E-state index in [4.69, 9.17) is 0 Å². The Bertz CT molecular complexity index is 365. The van der Waals surface area contributed by atoms with Gasteiger partial charge in [0.05, 0.1) is 11.7 Å². The lowest BCUT2D eigenvalue weighted by Gasteiger charge is -2.24. The fourth-order valence-corrected chi connectivity index (χ4v) is 1.67. The number of hydrogen-bond acceptors (Lipinski definition) is 4. The topological polar surface area (TPSA) is 68.0 Å². The summed E-state index contributed by atoms with van der Waals surface area (Å²) in [5, 5.41) is 21.3. The number of aromatic nitrogens is 2. The molecule has 0 saturated carbocycles. The summed E-state index contributed by atoms with van der Waals surface area (Å²) in [6.07, 6.45) is 2.84. The van der Waals surface area contributed by atoms with E-state index in [1.54, 1.807) is 12.3 Å². The molecular weight excluding hydrogens is 190 g/mol. The van der Waals surface area contributed by atoms with Gasteiger partial charge in [0.2, 0.25) is 0 Å². The van der Waals surface area contributed by atoms with Gasteiger partial charge in [0.1, 0.15) is 5.60 Å². The molecule has 0 radical (unpaired) electrons. The molecule has 0 amide bonds. The summed E-state index contributed by atoms with van der Waals surface area (Å²) < 4.78 is 0. The van der Waals surface area contributed by atoms with Crippen LogP contribution in [0.3, 0.4) is 0 Å². The number of hydrogen-bond donors (Lipinski definition) is 2. The van der Waals surface area contributed by atoms with Crippen molar-refractivity contribution in [3.05, 3.63) is 36.3 Å². The van der Waals surface area contributed by atoms with Gasteiger partial charge in [-0.05, 0) is 18.6 Å². The molecule has 1 aromatic heterocycles. The third-order valence-electron chi connectivity index (χ3n) is 2.87. The maximum absolute atomic E-state index is 10.4. The third kappa shape index (κ3) is 1.99. The van der Waals surface area contributed by atoms with Crippen molar-refractivity contribution in [1.82, 2.24) is 15.5 Å². The van der Waals surface area contributed by atoms with Gasteiger partial charge in [-0.2, -0.15) is 10.2 Å². The van der Waals surface area contributed by atoms with Crippen molar-refractivity contribution in [2.24, 2.45) is 0 Å². The average molecular weight is 205 g/mol. The number of nitrogens with zero attached hydrogens (tertiary/aromatic N) is 2. The first-order chi connectivity index (χ1) is 7.15. The zero-order valence-electron chi connectivity index (χ0n) is 8.77. The van der Waals surface area contributed by atoms with Crippen LogP contribution in [-0.4, -0.2) is 21.3 Å². The second-order valence-corrected chi connectivity index (χ2v) is 3.92. The summed E-state index contributed by atoms with van der Waals surface area (Å²) in [6.45, 7) is 5.75. The van der Waals surface area contributed by atoms with Gasteiger partial charge < -0.3 is 10.4 Å². The molecule has 4 nitrogen and oxygen atoms in total. The SMILES string of the molecule is C=C1NC1CC(O)(CC)c1cccnn1. The Balaban J connectivity index is 2.17. The lowest BCUT2D eigenvalue weighted by molar-refractivity contribution is 0.0186. The molecule has 1 fully saturated rings. The van der Waals surface area contributed by atoms with E-state index >= 15 is 0 Å². The molecule has 1 aliphatic heterocycles. The van der Waals surface area contributed by atoms with Crippen molar-refractivity contribution in [3.63, 3.8) is 0 Å². The van der Waals surface area contributed by atoms with Crippen molar-refractivity contribution in [3.8, 4) is 0 Å². The van der Waals surface area contributed by atoms with E-state index in [2.05, 4.69) is 22.1 Å². The monoisotopic (exact) mass is 205 g/mol. The van der Waals surface area contributed by atoms with Crippen LogP contribution >= 0.6 is 0 Å². The minimum Gasteiger partial charge on any atom is -0.383 e. The van der Waals surface area contributed by atoms with E-state index in [0.717, 1.165) is 5.70 Å². The third-order valence-corrected chi connectivity index (χ3v) is 2.87. The second kappa shape index (κ2) is 3.62. The van der Waals surface area contributed by atoms with E-state index < -0.39 is 5.60 Å². The van der Waals surface area contributed by atoms with Crippen molar-refractivity contribution in [2.45, 2.75) is 31.4 Å². The van der Waals surface area contributed by atoms with Crippen LogP contribution < -0.4 is 5.32 Å². The van der Waals surface area contributed by atoms with Crippen molar-refractivity contribution < 1.29 is 5.11 Å². The van der Waals surface area contributed by atoms with E-state index in [0.29, 0.717) is 18.5 Å². The fraction of sp³-hybridized carbons (Fsp3) is 0.455. The maximum Gasteiger partial charge on any atom is 0.110 e. The van der Waals surface area contributed by atoms with Crippen LogP contribution in [0.2, 0.25) is 0 Å². The summed E-state index contributed by atoms with van der Waals surface area (Å²) in [4.78, 5) is 0. The Morgan fingerprint density at radius 2 is 2.40 bits per heavy atom. The van der Waals surface area contributed by atoms with Crippen molar-refractivity contribution in [2.75, 3.05) is 0 Å². The van der Waals surface area contributed by atoms with Crippen LogP contribution in [0, 0.1) is 0 Å². The van der Waals surface area contributed by atoms with Crippen LogP contribution in [-0.2, 0) is 5.60 Å². The Hall–Kier alpha value is -1.42. The predicted octanol–water partition coefficient (Wildman–Crippen LogP) is 0.950. The van der Waals surface area contributed by atoms with Gasteiger partial charge in [-0.1, -0.05) is 13.5 Å². The highest BCUT2D eigenvalue weighted by Crippen LogP contribution is 2.33. The summed E-state index contributed by atoms with van der Waals surface area (Å²) in [5.41, 5.74) is 0.727. The zero-order valence-corrected chi connectivity index (χ0v) is 8.77. The molecule has 0 aromatic carbocycles. The molecule has 2 atom stereocenters. The fourth-order valence-electron chi connectivity index (χ4n) is 1.67. The molecule has 15 heavy (non-hydrogen) atoms. The Labute approximate surface area is 89.0 Å². The van der Waals surface area contributed by atoms with Crippen molar-refractivity contribution >= 4 is 0 Å². The predicted molar refractivity (Wildman–Crippen MR) is 56.9 cm³/mol. The van der Waals surface area contributed by atoms with Gasteiger partial charge in [-0.15, -0.1) is 0 Å². The molecule has 4 heteroatoms. The second-order valence-electron chi connectivity index (χ2n) is 3.92. The molecule has 2 rings (SSSR count). The van der Waals surface area contributed by atoms with Crippen LogP contribution in [0.4, 0.5) is 0 Å². The number of nitrogens with one attached hydrogen (secondary N) is 1. The van der Waals surface area contributed by atoms with E-state index in [-0.39, 0.29) is 6.04 Å². The first kappa shape index (κ1) is 10.1. The van der Waals surface area contributed by atoms with E-state index in [1.165, 1.54) is 0 Å². The molecule has 80 valence electrons. The molecule has 1 saturated heterocycles. The highest BCUT2D eigenvalue weighted by Gasteiger charge is 2.38. The quantitative estimate of drug-likeness (QED) is 0.718. The zero-order chi connectivity index (χ0) is 10.9. The van der Waals surface area contributed by atoms with Crippen LogP contribution in [0.5, 0.6) is 0 Å². The van der Waals surface area contributed by atoms with Crippen molar-refractivity contribution in [1.29, 1.82) is 0 Å². The minimum absolute atomic E-state index is 0.219. The summed E-state index contributed by atoms with van der Waals surface area (Å²) in [7, 11) is 0. The Morgan fingerprint density at radius 1 is 1.67 bits per heavy atom. The van der Waals surface area contributed by atoms with Gasteiger partial charge in [0.15, 0.2) is 0 Å². The standard InChI is InChI=1S/C11H15N3O/c1-3-11(15,7-9-8(2)13-9)10-5-4-6-12-14-10/h4-6,9,13,15H,2-3,7H2,1H3. The lowest BCUT2D eigenvalue weighted by atomic mass is 9.90. The molecule has 1 aliphatic rings. The molecule has 2 unspecified atom stereocenters. The average Bonchev–Trinajstić information content (AvgIpc) is 2.95. The first-order valence-corrected chi connectivity index (χ1v) is 5.11. The van der Waals surface area contributed by atoms with Crippen LogP contribution in [0.25, 0.3) is 0 Å². The molecule has 2 N–H and O–H groups in total. The smallest absolute Gasteiger partial charge is 0.110 e. The van der Waals surface area contributed by atoms with Gasteiger partial charge in [0.25, 0.3) is 0 Å².